The fraction of sp³-hybridized carbons (Fsp3) is 0.130. The van der Waals surface area contributed by atoms with Gasteiger partial charge >= 0.3 is 0 Å². The van der Waals surface area contributed by atoms with Gasteiger partial charge in [-0.2, -0.15) is 0 Å². The second-order valence-electron chi connectivity index (χ2n) is 6.50. The van der Waals surface area contributed by atoms with Gasteiger partial charge in [-0.05, 0) is 104 Å². The minimum absolute atomic E-state index is 1.02. The third kappa shape index (κ3) is 3.85. The predicted molar refractivity (Wildman–Crippen MR) is 123 cm³/mol. The molecule has 0 amide bonds. The van der Waals surface area contributed by atoms with Crippen LogP contribution in [0.15, 0.2) is 72.3 Å². The Balaban J connectivity index is 1.58. The van der Waals surface area contributed by atoms with Gasteiger partial charge in [-0.15, -0.1) is 0 Å². The lowest BCUT2D eigenvalue weighted by Crippen LogP contribution is -1.99. The summed E-state index contributed by atoms with van der Waals surface area (Å²) in [6.45, 7) is 0. The smallest absolute Gasteiger partial charge is 0.0165 e. The largest absolute Gasteiger partial charge is 0.0619 e. The van der Waals surface area contributed by atoms with Crippen molar-refractivity contribution < 1.29 is 0 Å². The molecule has 3 aromatic carbocycles. The van der Waals surface area contributed by atoms with Gasteiger partial charge in [0.2, 0.25) is 0 Å². The molecule has 124 valence electrons. The van der Waals surface area contributed by atoms with Crippen molar-refractivity contribution in [3.8, 4) is 0 Å². The maximum Gasteiger partial charge on any atom is 0.0165 e. The Morgan fingerprint density at radius 3 is 1.92 bits per heavy atom. The molecule has 1 aliphatic carbocycles. The molecule has 0 atom stereocenters. The van der Waals surface area contributed by atoms with Gasteiger partial charge in [0.25, 0.3) is 0 Å². The minimum atomic E-state index is 1.02. The molecule has 0 radical (unpaired) electrons. The zero-order valence-electron chi connectivity index (χ0n) is 13.8. The average Bonchev–Trinajstić information content (AvgIpc) is 3.02. The highest BCUT2D eigenvalue weighted by molar-refractivity contribution is 14.1. The van der Waals surface area contributed by atoms with E-state index >= 15 is 0 Å². The van der Waals surface area contributed by atoms with Crippen LogP contribution in [0.2, 0.25) is 0 Å². The Morgan fingerprint density at radius 1 is 0.640 bits per heavy atom. The second-order valence-corrected chi connectivity index (χ2v) is 8.83. The molecule has 1 aliphatic rings. The van der Waals surface area contributed by atoms with Crippen LogP contribution < -0.4 is 0 Å². The molecule has 4 rings (SSSR count). The van der Waals surface area contributed by atoms with Crippen LogP contribution in [0.4, 0.5) is 0 Å². The van der Waals surface area contributed by atoms with Gasteiger partial charge in [0.1, 0.15) is 0 Å². The van der Waals surface area contributed by atoms with Gasteiger partial charge in [0.15, 0.2) is 0 Å². The molecule has 0 N–H and O–H groups in total. The average molecular weight is 548 g/mol. The standard InChI is InChI=1S/C23H18I2/c24-22-10-3-1-6-19(22)13-16-12-17-8-5-9-18(21(17)14-16)15-20-7-2-4-11-23(20)25/h1-12H,13-15H2. The highest BCUT2D eigenvalue weighted by atomic mass is 127. The first kappa shape index (κ1) is 17.3. The molecule has 2 heteroatoms. The van der Waals surface area contributed by atoms with Crippen molar-refractivity contribution in [2.45, 2.75) is 19.3 Å². The third-order valence-corrected chi connectivity index (χ3v) is 6.89. The number of allylic oxidation sites excluding steroid dienone is 1. The molecule has 0 saturated heterocycles. The Labute approximate surface area is 176 Å². The monoisotopic (exact) mass is 548 g/mol. The zero-order chi connectivity index (χ0) is 17.2. The van der Waals surface area contributed by atoms with Gasteiger partial charge in [-0.1, -0.05) is 66.2 Å². The summed E-state index contributed by atoms with van der Waals surface area (Å²) in [6.07, 6.45) is 5.56. The van der Waals surface area contributed by atoms with E-state index in [0.717, 1.165) is 19.3 Å². The number of halogens is 2. The Hall–Kier alpha value is -1.14. The van der Waals surface area contributed by atoms with Crippen molar-refractivity contribution in [2.24, 2.45) is 0 Å². The zero-order valence-corrected chi connectivity index (χ0v) is 18.1. The van der Waals surface area contributed by atoms with Crippen molar-refractivity contribution >= 4 is 51.3 Å². The SMILES string of the molecule is Ic1ccccc1CC1=Cc2cccc(Cc3ccccc3I)c2C1. The topological polar surface area (TPSA) is 0 Å². The van der Waals surface area contributed by atoms with Crippen LogP contribution in [0.25, 0.3) is 6.08 Å². The molecule has 3 aromatic rings. The fourth-order valence-electron chi connectivity index (χ4n) is 3.52. The molecule has 0 saturated carbocycles. The lowest BCUT2D eigenvalue weighted by atomic mass is 9.95. The van der Waals surface area contributed by atoms with Crippen LogP contribution in [-0.4, -0.2) is 0 Å². The van der Waals surface area contributed by atoms with E-state index in [9.17, 15) is 0 Å². The predicted octanol–water partition coefficient (Wildman–Crippen LogP) is 6.67. The highest BCUT2D eigenvalue weighted by Gasteiger charge is 2.17. The minimum Gasteiger partial charge on any atom is -0.0619 e. The molecule has 25 heavy (non-hydrogen) atoms. The van der Waals surface area contributed by atoms with Crippen molar-refractivity contribution in [2.75, 3.05) is 0 Å². The van der Waals surface area contributed by atoms with Gasteiger partial charge < -0.3 is 0 Å². The van der Waals surface area contributed by atoms with Crippen LogP contribution in [-0.2, 0) is 19.3 Å². The Bertz CT molecular complexity index is 954. The summed E-state index contributed by atoms with van der Waals surface area (Å²) in [5, 5.41) is 0. The summed E-state index contributed by atoms with van der Waals surface area (Å²) in [4.78, 5) is 0. The molecule has 0 spiro atoms. The van der Waals surface area contributed by atoms with E-state index in [4.69, 9.17) is 0 Å². The van der Waals surface area contributed by atoms with E-state index < -0.39 is 0 Å². The van der Waals surface area contributed by atoms with Gasteiger partial charge in [-0.25, -0.2) is 0 Å². The maximum atomic E-state index is 2.44. The van der Waals surface area contributed by atoms with Crippen LogP contribution in [0.5, 0.6) is 0 Å². The van der Waals surface area contributed by atoms with Crippen LogP contribution in [0, 0.1) is 7.14 Å². The van der Waals surface area contributed by atoms with Gasteiger partial charge in [0, 0.05) is 7.14 Å². The first-order valence-corrected chi connectivity index (χ1v) is 10.6. The summed E-state index contributed by atoms with van der Waals surface area (Å²) < 4.78 is 2.71. The molecule has 0 nitrogen and oxygen atoms in total. The highest BCUT2D eigenvalue weighted by Crippen LogP contribution is 2.32. The van der Waals surface area contributed by atoms with Crippen molar-refractivity contribution in [3.63, 3.8) is 0 Å². The number of rotatable bonds is 4. The molecule has 0 unspecified atom stereocenters. The lowest BCUT2D eigenvalue weighted by Gasteiger charge is -2.11. The molecular formula is C23H18I2. The normalized spacial score (nSPS) is 12.8. The maximum absolute atomic E-state index is 2.44. The van der Waals surface area contributed by atoms with Gasteiger partial charge in [0.05, 0.1) is 0 Å². The van der Waals surface area contributed by atoms with E-state index in [1.165, 1.54) is 40.5 Å². The second kappa shape index (κ2) is 7.62. The molecule has 0 fully saturated rings. The molecule has 0 bridgehead atoms. The van der Waals surface area contributed by atoms with Crippen LogP contribution in [0.1, 0.15) is 27.8 Å². The summed E-state index contributed by atoms with van der Waals surface area (Å²) in [5.41, 5.74) is 8.77. The first-order chi connectivity index (χ1) is 12.2. The summed E-state index contributed by atoms with van der Waals surface area (Å²) in [7, 11) is 0. The van der Waals surface area contributed by atoms with Crippen molar-refractivity contribution in [1.29, 1.82) is 0 Å². The van der Waals surface area contributed by atoms with Crippen LogP contribution in [0.3, 0.4) is 0 Å². The van der Waals surface area contributed by atoms with E-state index in [1.54, 1.807) is 0 Å². The van der Waals surface area contributed by atoms with Crippen LogP contribution >= 0.6 is 45.2 Å². The third-order valence-electron chi connectivity index (χ3n) is 4.79. The fourth-order valence-corrected chi connectivity index (χ4v) is 4.67. The van der Waals surface area contributed by atoms with E-state index in [2.05, 4.69) is 118 Å². The van der Waals surface area contributed by atoms with Gasteiger partial charge in [-0.3, -0.25) is 0 Å². The van der Waals surface area contributed by atoms with E-state index in [-0.39, 0.29) is 0 Å². The number of fused-ring (bicyclic) bond motifs is 1. The molecule has 0 aromatic heterocycles. The number of hydrogen-bond acceptors (Lipinski definition) is 0. The summed E-state index contributed by atoms with van der Waals surface area (Å²) >= 11 is 4.89. The molecule has 0 aliphatic heterocycles. The summed E-state index contributed by atoms with van der Waals surface area (Å²) in [6, 6.07) is 24.2. The Morgan fingerprint density at radius 2 is 1.24 bits per heavy atom. The lowest BCUT2D eigenvalue weighted by molar-refractivity contribution is 1.03. The molecular weight excluding hydrogens is 530 g/mol. The Kier molecular flexibility index (Phi) is 5.27. The van der Waals surface area contributed by atoms with Crippen molar-refractivity contribution in [1.82, 2.24) is 0 Å². The quantitative estimate of drug-likeness (QED) is 0.320. The first-order valence-electron chi connectivity index (χ1n) is 8.48. The summed E-state index contributed by atoms with van der Waals surface area (Å²) in [5.74, 6) is 0. The van der Waals surface area contributed by atoms with Crippen molar-refractivity contribution in [3.05, 3.63) is 107 Å². The van der Waals surface area contributed by atoms with E-state index in [0.29, 0.717) is 0 Å². The van der Waals surface area contributed by atoms with E-state index in [1.807, 2.05) is 0 Å². The molecule has 0 heterocycles. The number of benzene rings is 3. The number of hydrogen-bond donors (Lipinski definition) is 0.